The summed E-state index contributed by atoms with van der Waals surface area (Å²) in [6, 6.07) is 1.86. The minimum Gasteiger partial charge on any atom is -0.391 e. The second-order valence-electron chi connectivity index (χ2n) is 5.63. The number of hydrogen-bond acceptors (Lipinski definition) is 6. The standard InChI is InChI=1S/C15H23N5O/c1-2-13-11-14(21-18-13)12-19-7-4-8-20(10-9-19)15-16-5-3-6-17-15/h3,5-6,14H,2,4,7-12H2,1H3. The van der Waals surface area contributed by atoms with Crippen LogP contribution in [0.15, 0.2) is 23.6 Å². The molecule has 114 valence electrons. The molecular weight excluding hydrogens is 266 g/mol. The molecule has 1 aromatic heterocycles. The molecule has 1 aromatic rings. The van der Waals surface area contributed by atoms with Crippen LogP contribution >= 0.6 is 0 Å². The minimum atomic E-state index is 0.236. The van der Waals surface area contributed by atoms with E-state index in [2.05, 4.69) is 31.8 Å². The summed E-state index contributed by atoms with van der Waals surface area (Å²) in [6.45, 7) is 7.22. The van der Waals surface area contributed by atoms with Crippen molar-refractivity contribution in [2.45, 2.75) is 32.3 Å². The lowest BCUT2D eigenvalue weighted by Crippen LogP contribution is -2.36. The van der Waals surface area contributed by atoms with Gasteiger partial charge < -0.3 is 9.74 Å². The molecule has 6 nitrogen and oxygen atoms in total. The molecule has 3 rings (SSSR count). The molecule has 0 aromatic carbocycles. The summed E-state index contributed by atoms with van der Waals surface area (Å²) in [5.74, 6) is 0.841. The first-order valence-electron chi connectivity index (χ1n) is 7.81. The number of aromatic nitrogens is 2. The van der Waals surface area contributed by atoms with E-state index in [1.54, 1.807) is 12.4 Å². The van der Waals surface area contributed by atoms with E-state index in [9.17, 15) is 0 Å². The van der Waals surface area contributed by atoms with Crippen molar-refractivity contribution in [3.05, 3.63) is 18.5 Å². The Labute approximate surface area is 125 Å². The van der Waals surface area contributed by atoms with E-state index in [-0.39, 0.29) is 6.10 Å². The lowest BCUT2D eigenvalue weighted by Gasteiger charge is -2.23. The van der Waals surface area contributed by atoms with E-state index in [0.29, 0.717) is 0 Å². The van der Waals surface area contributed by atoms with Gasteiger partial charge in [-0.05, 0) is 18.9 Å². The maximum Gasteiger partial charge on any atom is 0.225 e. The molecular formula is C15H23N5O. The molecule has 0 saturated carbocycles. The van der Waals surface area contributed by atoms with Gasteiger partial charge in [-0.25, -0.2) is 9.97 Å². The smallest absolute Gasteiger partial charge is 0.225 e. The van der Waals surface area contributed by atoms with Crippen molar-refractivity contribution in [1.29, 1.82) is 0 Å². The molecule has 0 aliphatic carbocycles. The molecule has 0 amide bonds. The van der Waals surface area contributed by atoms with Gasteiger partial charge in [0.05, 0.1) is 5.71 Å². The molecule has 21 heavy (non-hydrogen) atoms. The normalized spacial score (nSPS) is 23.6. The van der Waals surface area contributed by atoms with E-state index >= 15 is 0 Å². The number of anilines is 1. The quantitative estimate of drug-likeness (QED) is 0.841. The average Bonchev–Trinajstić information content (AvgIpc) is 2.85. The van der Waals surface area contributed by atoms with Gasteiger partial charge in [-0.2, -0.15) is 0 Å². The predicted octanol–water partition coefficient (Wildman–Crippen LogP) is 1.54. The molecule has 0 radical (unpaired) electrons. The van der Waals surface area contributed by atoms with Crippen LogP contribution in [0.2, 0.25) is 0 Å². The Bertz CT molecular complexity index is 478. The highest BCUT2D eigenvalue weighted by atomic mass is 16.6. The predicted molar refractivity (Wildman–Crippen MR) is 82.5 cm³/mol. The summed E-state index contributed by atoms with van der Waals surface area (Å²) in [5, 5.41) is 4.15. The average molecular weight is 289 g/mol. The number of oxime groups is 1. The molecule has 2 aliphatic heterocycles. The highest BCUT2D eigenvalue weighted by Crippen LogP contribution is 2.16. The molecule has 1 fully saturated rings. The largest absolute Gasteiger partial charge is 0.391 e. The summed E-state index contributed by atoms with van der Waals surface area (Å²) in [4.78, 5) is 19.0. The topological polar surface area (TPSA) is 53.9 Å². The first kappa shape index (κ1) is 14.3. The van der Waals surface area contributed by atoms with Crippen LogP contribution in [0.4, 0.5) is 5.95 Å². The van der Waals surface area contributed by atoms with Crippen molar-refractivity contribution in [3.63, 3.8) is 0 Å². The Morgan fingerprint density at radius 2 is 2.05 bits per heavy atom. The fourth-order valence-corrected chi connectivity index (χ4v) is 2.89. The van der Waals surface area contributed by atoms with Gasteiger partial charge in [0, 0.05) is 51.5 Å². The first-order valence-corrected chi connectivity index (χ1v) is 7.81. The maximum atomic E-state index is 5.52. The van der Waals surface area contributed by atoms with Crippen molar-refractivity contribution >= 4 is 11.7 Å². The van der Waals surface area contributed by atoms with E-state index in [4.69, 9.17) is 4.84 Å². The van der Waals surface area contributed by atoms with Gasteiger partial charge in [0.2, 0.25) is 5.95 Å². The Hall–Kier alpha value is -1.69. The highest BCUT2D eigenvalue weighted by Gasteiger charge is 2.24. The fourth-order valence-electron chi connectivity index (χ4n) is 2.89. The van der Waals surface area contributed by atoms with Crippen molar-refractivity contribution in [2.75, 3.05) is 37.6 Å². The Morgan fingerprint density at radius 1 is 1.19 bits per heavy atom. The third kappa shape index (κ3) is 3.69. The summed E-state index contributed by atoms with van der Waals surface area (Å²) in [7, 11) is 0. The van der Waals surface area contributed by atoms with Crippen molar-refractivity contribution in [3.8, 4) is 0 Å². The van der Waals surface area contributed by atoms with Gasteiger partial charge in [0.15, 0.2) is 0 Å². The van der Waals surface area contributed by atoms with Crippen LogP contribution in [0.1, 0.15) is 26.2 Å². The van der Waals surface area contributed by atoms with Crippen LogP contribution in [-0.2, 0) is 4.84 Å². The van der Waals surface area contributed by atoms with Crippen LogP contribution < -0.4 is 4.90 Å². The van der Waals surface area contributed by atoms with Crippen LogP contribution in [0, 0.1) is 0 Å². The summed E-state index contributed by atoms with van der Waals surface area (Å²) in [5.41, 5.74) is 1.19. The fraction of sp³-hybridized carbons (Fsp3) is 0.667. The van der Waals surface area contributed by atoms with Gasteiger partial charge in [0.1, 0.15) is 6.10 Å². The minimum absolute atomic E-state index is 0.236. The Morgan fingerprint density at radius 3 is 2.81 bits per heavy atom. The summed E-state index contributed by atoms with van der Waals surface area (Å²) in [6.07, 6.45) is 6.96. The van der Waals surface area contributed by atoms with Gasteiger partial charge in [0.25, 0.3) is 0 Å². The summed E-state index contributed by atoms with van der Waals surface area (Å²) < 4.78 is 0. The van der Waals surface area contributed by atoms with Crippen molar-refractivity contribution in [2.24, 2.45) is 5.16 Å². The third-order valence-corrected chi connectivity index (χ3v) is 4.09. The number of nitrogens with zero attached hydrogens (tertiary/aromatic N) is 5. The van der Waals surface area contributed by atoms with E-state index in [1.807, 2.05) is 6.07 Å². The Balaban J connectivity index is 1.50. The van der Waals surface area contributed by atoms with Crippen LogP contribution in [0.25, 0.3) is 0 Å². The molecule has 1 saturated heterocycles. The molecule has 1 unspecified atom stereocenters. The monoisotopic (exact) mass is 289 g/mol. The third-order valence-electron chi connectivity index (χ3n) is 4.09. The van der Waals surface area contributed by atoms with Crippen LogP contribution in [-0.4, -0.2) is 59.4 Å². The van der Waals surface area contributed by atoms with Gasteiger partial charge in [-0.15, -0.1) is 0 Å². The van der Waals surface area contributed by atoms with Crippen LogP contribution in [0.5, 0.6) is 0 Å². The molecule has 6 heteroatoms. The molecule has 2 aliphatic rings. The van der Waals surface area contributed by atoms with E-state index in [1.165, 1.54) is 5.71 Å². The molecule has 0 bridgehead atoms. The maximum absolute atomic E-state index is 5.52. The zero-order chi connectivity index (χ0) is 14.5. The SMILES string of the molecule is CCC1=NOC(CN2CCCN(c3ncccn3)CC2)C1. The second kappa shape index (κ2) is 6.85. The first-order chi connectivity index (χ1) is 10.3. The lowest BCUT2D eigenvalue weighted by molar-refractivity contribution is 0.0544. The van der Waals surface area contributed by atoms with Crippen LogP contribution in [0.3, 0.4) is 0 Å². The van der Waals surface area contributed by atoms with E-state index < -0.39 is 0 Å². The zero-order valence-corrected chi connectivity index (χ0v) is 12.6. The Kier molecular flexibility index (Phi) is 4.65. The highest BCUT2D eigenvalue weighted by molar-refractivity contribution is 5.85. The number of rotatable bonds is 4. The van der Waals surface area contributed by atoms with Gasteiger partial charge in [-0.1, -0.05) is 12.1 Å². The van der Waals surface area contributed by atoms with E-state index in [0.717, 1.165) is 57.9 Å². The zero-order valence-electron chi connectivity index (χ0n) is 12.6. The van der Waals surface area contributed by atoms with Gasteiger partial charge in [-0.3, -0.25) is 4.90 Å². The van der Waals surface area contributed by atoms with Crippen molar-refractivity contribution in [1.82, 2.24) is 14.9 Å². The van der Waals surface area contributed by atoms with Gasteiger partial charge >= 0.3 is 0 Å². The molecule has 0 N–H and O–H groups in total. The molecule has 3 heterocycles. The lowest BCUT2D eigenvalue weighted by atomic mass is 10.1. The number of hydrogen-bond donors (Lipinski definition) is 0. The second-order valence-corrected chi connectivity index (χ2v) is 5.63. The van der Waals surface area contributed by atoms with Crippen molar-refractivity contribution < 1.29 is 4.84 Å². The molecule has 0 spiro atoms. The summed E-state index contributed by atoms with van der Waals surface area (Å²) >= 11 is 0. The molecule has 1 atom stereocenters.